The summed E-state index contributed by atoms with van der Waals surface area (Å²) in [4.78, 5) is 0. The molecule has 2 atom stereocenters. The van der Waals surface area contributed by atoms with Crippen molar-refractivity contribution in [2.45, 2.75) is 58.5 Å². The highest BCUT2D eigenvalue weighted by atomic mass is 16.3. The van der Waals surface area contributed by atoms with Gasteiger partial charge in [0.2, 0.25) is 0 Å². The molecule has 0 radical (unpaired) electrons. The van der Waals surface area contributed by atoms with E-state index in [2.05, 4.69) is 44.2 Å². The van der Waals surface area contributed by atoms with Crippen LogP contribution in [0.5, 0.6) is 0 Å². The molecule has 1 aromatic carbocycles. The molecule has 1 N–H and O–H groups in total. The van der Waals surface area contributed by atoms with Crippen molar-refractivity contribution in [2.24, 2.45) is 5.92 Å². The molecule has 1 nitrogen and oxygen atoms in total. The van der Waals surface area contributed by atoms with Crippen molar-refractivity contribution in [3.05, 3.63) is 48.0 Å². The highest BCUT2D eigenvalue weighted by Gasteiger charge is 2.13. The monoisotopic (exact) mass is 260 g/mol. The van der Waals surface area contributed by atoms with Crippen molar-refractivity contribution in [2.75, 3.05) is 0 Å². The Bertz CT molecular complexity index is 342. The minimum Gasteiger partial charge on any atom is -0.389 e. The predicted molar refractivity (Wildman–Crippen MR) is 83.2 cm³/mol. The maximum absolute atomic E-state index is 10.1. The summed E-state index contributed by atoms with van der Waals surface area (Å²) in [7, 11) is 0. The van der Waals surface area contributed by atoms with E-state index < -0.39 is 0 Å². The van der Waals surface area contributed by atoms with Crippen molar-refractivity contribution in [1.29, 1.82) is 0 Å². The standard InChI is InChI=1S/C18H28O/c1-3-5-14-17(4-2)18(19)15-10-9-13-16-11-7-6-8-12-16/h6-8,10-12,15,17-19H,3-5,9,13-14H2,1-2H3/b15-10+. The van der Waals surface area contributed by atoms with Crippen molar-refractivity contribution < 1.29 is 5.11 Å². The van der Waals surface area contributed by atoms with Gasteiger partial charge in [0.25, 0.3) is 0 Å². The summed E-state index contributed by atoms with van der Waals surface area (Å²) >= 11 is 0. The van der Waals surface area contributed by atoms with Crippen LogP contribution in [0.4, 0.5) is 0 Å². The summed E-state index contributed by atoms with van der Waals surface area (Å²) in [5.41, 5.74) is 1.36. The van der Waals surface area contributed by atoms with Gasteiger partial charge in [-0.3, -0.25) is 0 Å². The van der Waals surface area contributed by atoms with E-state index in [1.54, 1.807) is 0 Å². The van der Waals surface area contributed by atoms with Crippen LogP contribution >= 0.6 is 0 Å². The van der Waals surface area contributed by atoms with Gasteiger partial charge in [-0.2, -0.15) is 0 Å². The van der Waals surface area contributed by atoms with Gasteiger partial charge in [-0.25, -0.2) is 0 Å². The number of aliphatic hydroxyl groups excluding tert-OH is 1. The lowest BCUT2D eigenvalue weighted by molar-refractivity contribution is 0.141. The van der Waals surface area contributed by atoms with Crippen LogP contribution in [-0.2, 0) is 6.42 Å². The first kappa shape index (κ1) is 16.0. The van der Waals surface area contributed by atoms with Crippen LogP contribution in [0, 0.1) is 5.92 Å². The fourth-order valence-corrected chi connectivity index (χ4v) is 2.37. The number of aryl methyl sites for hydroxylation is 1. The van der Waals surface area contributed by atoms with E-state index in [-0.39, 0.29) is 6.10 Å². The lowest BCUT2D eigenvalue weighted by Gasteiger charge is -2.18. The Kier molecular flexibility index (Phi) is 8.24. The molecular weight excluding hydrogens is 232 g/mol. The quantitative estimate of drug-likeness (QED) is 0.635. The summed E-state index contributed by atoms with van der Waals surface area (Å²) in [6.45, 7) is 4.37. The Labute approximate surface area is 118 Å². The molecule has 1 heteroatoms. The molecule has 0 saturated carbocycles. The molecule has 0 bridgehead atoms. The highest BCUT2D eigenvalue weighted by Crippen LogP contribution is 2.18. The van der Waals surface area contributed by atoms with Gasteiger partial charge >= 0.3 is 0 Å². The Hall–Kier alpha value is -1.08. The summed E-state index contributed by atoms with van der Waals surface area (Å²) < 4.78 is 0. The van der Waals surface area contributed by atoms with Gasteiger partial charge in [-0.15, -0.1) is 0 Å². The van der Waals surface area contributed by atoms with Crippen molar-refractivity contribution >= 4 is 0 Å². The first-order valence-corrected chi connectivity index (χ1v) is 7.66. The van der Waals surface area contributed by atoms with E-state index in [1.807, 2.05) is 12.1 Å². The van der Waals surface area contributed by atoms with Crippen LogP contribution in [0.25, 0.3) is 0 Å². The number of unbranched alkanes of at least 4 members (excludes halogenated alkanes) is 1. The molecule has 1 aromatic rings. The van der Waals surface area contributed by atoms with Crippen molar-refractivity contribution in [3.8, 4) is 0 Å². The van der Waals surface area contributed by atoms with Gasteiger partial charge in [-0.05, 0) is 30.7 Å². The second-order valence-corrected chi connectivity index (χ2v) is 5.25. The largest absolute Gasteiger partial charge is 0.389 e. The molecule has 0 amide bonds. The Balaban J connectivity index is 2.30. The highest BCUT2D eigenvalue weighted by molar-refractivity contribution is 5.15. The third kappa shape index (κ3) is 6.58. The topological polar surface area (TPSA) is 20.2 Å². The molecule has 0 aliphatic carbocycles. The SMILES string of the molecule is CCCCC(CC)C(O)/C=C/CCc1ccccc1. The van der Waals surface area contributed by atoms with Crippen LogP contribution in [0.15, 0.2) is 42.5 Å². The number of benzene rings is 1. The number of allylic oxidation sites excluding steroid dienone is 1. The van der Waals surface area contributed by atoms with Gasteiger partial charge < -0.3 is 5.11 Å². The average molecular weight is 260 g/mol. The zero-order valence-corrected chi connectivity index (χ0v) is 12.4. The zero-order chi connectivity index (χ0) is 13.9. The Morgan fingerprint density at radius 2 is 1.89 bits per heavy atom. The van der Waals surface area contributed by atoms with Crippen LogP contribution in [0.2, 0.25) is 0 Å². The maximum Gasteiger partial charge on any atom is 0.0748 e. The molecule has 0 aliphatic rings. The molecule has 0 saturated heterocycles. The summed E-state index contributed by atoms with van der Waals surface area (Å²) in [6.07, 6.45) is 10.5. The van der Waals surface area contributed by atoms with Gasteiger partial charge in [0, 0.05) is 0 Å². The van der Waals surface area contributed by atoms with Gasteiger partial charge in [0.05, 0.1) is 6.10 Å². The third-order valence-electron chi connectivity index (χ3n) is 3.71. The molecule has 0 aliphatic heterocycles. The minimum atomic E-state index is -0.271. The van der Waals surface area contributed by atoms with Crippen LogP contribution in [0.1, 0.15) is 51.5 Å². The Morgan fingerprint density at radius 1 is 1.16 bits per heavy atom. The second kappa shape index (κ2) is 9.80. The summed E-state index contributed by atoms with van der Waals surface area (Å²) in [5.74, 6) is 0.424. The molecule has 19 heavy (non-hydrogen) atoms. The number of hydrogen-bond donors (Lipinski definition) is 1. The smallest absolute Gasteiger partial charge is 0.0748 e. The van der Waals surface area contributed by atoms with Crippen molar-refractivity contribution in [3.63, 3.8) is 0 Å². The third-order valence-corrected chi connectivity index (χ3v) is 3.71. The van der Waals surface area contributed by atoms with E-state index in [4.69, 9.17) is 0 Å². The zero-order valence-electron chi connectivity index (χ0n) is 12.4. The van der Waals surface area contributed by atoms with Gasteiger partial charge in [-0.1, -0.05) is 75.6 Å². The Morgan fingerprint density at radius 3 is 2.53 bits per heavy atom. The normalized spacial score (nSPS) is 14.7. The van der Waals surface area contributed by atoms with Crippen molar-refractivity contribution in [1.82, 2.24) is 0 Å². The number of rotatable bonds is 9. The molecule has 0 aromatic heterocycles. The van der Waals surface area contributed by atoms with Crippen LogP contribution in [0.3, 0.4) is 0 Å². The lowest BCUT2D eigenvalue weighted by Crippen LogP contribution is -2.17. The molecule has 1 rings (SSSR count). The summed E-state index contributed by atoms with van der Waals surface area (Å²) in [6, 6.07) is 10.5. The van der Waals surface area contributed by atoms with E-state index in [0.717, 1.165) is 25.7 Å². The fraction of sp³-hybridized carbons (Fsp3) is 0.556. The lowest BCUT2D eigenvalue weighted by atomic mass is 9.93. The first-order valence-electron chi connectivity index (χ1n) is 7.66. The van der Waals surface area contributed by atoms with Crippen LogP contribution < -0.4 is 0 Å². The second-order valence-electron chi connectivity index (χ2n) is 5.25. The number of hydrogen-bond acceptors (Lipinski definition) is 1. The fourth-order valence-electron chi connectivity index (χ4n) is 2.37. The van der Waals surface area contributed by atoms with Crippen LogP contribution in [-0.4, -0.2) is 11.2 Å². The summed E-state index contributed by atoms with van der Waals surface area (Å²) in [5, 5.41) is 10.1. The minimum absolute atomic E-state index is 0.271. The van der Waals surface area contributed by atoms with E-state index in [1.165, 1.54) is 18.4 Å². The molecule has 2 unspecified atom stereocenters. The van der Waals surface area contributed by atoms with Gasteiger partial charge in [0.1, 0.15) is 0 Å². The molecule has 0 fully saturated rings. The molecule has 0 heterocycles. The maximum atomic E-state index is 10.1. The van der Waals surface area contributed by atoms with E-state index in [0.29, 0.717) is 5.92 Å². The van der Waals surface area contributed by atoms with E-state index in [9.17, 15) is 5.11 Å². The first-order chi connectivity index (χ1) is 9.27. The predicted octanol–water partition coefficient (Wildman–Crippen LogP) is 4.75. The van der Waals surface area contributed by atoms with E-state index >= 15 is 0 Å². The van der Waals surface area contributed by atoms with Gasteiger partial charge in [0.15, 0.2) is 0 Å². The molecular formula is C18H28O. The number of aliphatic hydroxyl groups is 1. The molecule has 0 spiro atoms. The molecule has 106 valence electrons. The average Bonchev–Trinajstić information content (AvgIpc) is 2.45.